The molecule has 1 amide bonds. The largest absolute Gasteiger partial charge is 0.493 e. The van der Waals surface area contributed by atoms with E-state index in [4.69, 9.17) is 4.74 Å². The summed E-state index contributed by atoms with van der Waals surface area (Å²) in [5.41, 5.74) is 1.62. The molecule has 0 heterocycles. The number of halogens is 1. The van der Waals surface area contributed by atoms with Crippen LogP contribution in [0.4, 0.5) is 11.4 Å². The molecule has 0 unspecified atom stereocenters. The maximum absolute atomic E-state index is 12.1. The number of carbonyl (C=O) groups excluding carboxylic acids is 1. The highest BCUT2D eigenvalue weighted by Gasteiger charge is 2.11. The van der Waals surface area contributed by atoms with Crippen LogP contribution in [0.5, 0.6) is 5.75 Å². The molecule has 2 aromatic carbocycles. The van der Waals surface area contributed by atoms with Crippen LogP contribution < -0.4 is 10.1 Å². The zero-order chi connectivity index (χ0) is 18.4. The van der Waals surface area contributed by atoms with Gasteiger partial charge in [-0.1, -0.05) is 22.0 Å². The van der Waals surface area contributed by atoms with Gasteiger partial charge in [-0.15, -0.1) is 0 Å². The van der Waals surface area contributed by atoms with Crippen molar-refractivity contribution in [1.82, 2.24) is 0 Å². The Hall–Kier alpha value is -2.67. The molecule has 0 spiro atoms. The summed E-state index contributed by atoms with van der Waals surface area (Å²) in [7, 11) is 0. The maximum atomic E-state index is 12.1. The molecule has 0 aromatic heterocycles. The van der Waals surface area contributed by atoms with Gasteiger partial charge in [0.2, 0.25) is 5.91 Å². The molecule has 2 aromatic rings. The van der Waals surface area contributed by atoms with E-state index in [2.05, 4.69) is 21.2 Å². The smallest absolute Gasteiger partial charge is 0.274 e. The van der Waals surface area contributed by atoms with Crippen LogP contribution in [0.1, 0.15) is 18.1 Å². The second kappa shape index (κ2) is 8.43. The van der Waals surface area contributed by atoms with Crippen molar-refractivity contribution in [3.63, 3.8) is 0 Å². The molecular weight excluding hydrogens is 388 g/mol. The fourth-order valence-electron chi connectivity index (χ4n) is 2.17. The van der Waals surface area contributed by atoms with Crippen molar-refractivity contribution >= 4 is 39.3 Å². The van der Waals surface area contributed by atoms with Crippen LogP contribution >= 0.6 is 15.9 Å². The lowest BCUT2D eigenvalue weighted by molar-refractivity contribution is -0.385. The molecule has 0 fully saturated rings. The average Bonchev–Trinajstić information content (AvgIpc) is 2.56. The van der Waals surface area contributed by atoms with Gasteiger partial charge in [-0.2, -0.15) is 0 Å². The molecule has 0 saturated carbocycles. The third-order valence-corrected chi connectivity index (χ3v) is 3.85. The first kappa shape index (κ1) is 18.7. The second-order valence-corrected chi connectivity index (χ2v) is 6.11. The molecule has 2 rings (SSSR count). The number of nitrogens with one attached hydrogen (secondary N) is 1. The Morgan fingerprint density at radius 3 is 2.76 bits per heavy atom. The summed E-state index contributed by atoms with van der Waals surface area (Å²) in [6, 6.07) is 10.1. The second-order valence-electron chi connectivity index (χ2n) is 5.20. The van der Waals surface area contributed by atoms with Crippen molar-refractivity contribution in [2.45, 2.75) is 13.8 Å². The summed E-state index contributed by atoms with van der Waals surface area (Å²) >= 11 is 3.38. The third kappa shape index (κ3) is 5.15. The first-order valence-electron chi connectivity index (χ1n) is 7.57. The fraction of sp³-hybridized carbons (Fsp3) is 0.167. The van der Waals surface area contributed by atoms with E-state index in [1.807, 2.05) is 25.1 Å². The third-order valence-electron chi connectivity index (χ3n) is 3.36. The van der Waals surface area contributed by atoms with Gasteiger partial charge in [0.1, 0.15) is 5.75 Å². The molecule has 1 N–H and O–H groups in total. The Bertz CT molecular complexity index is 834. The lowest BCUT2D eigenvalue weighted by Gasteiger charge is -2.07. The number of aryl methyl sites for hydroxylation is 1. The summed E-state index contributed by atoms with van der Waals surface area (Å²) in [5.74, 6) is 0.279. The Kier molecular flexibility index (Phi) is 6.30. The minimum atomic E-state index is -0.476. The Balaban J connectivity index is 2.15. The molecule has 6 nitrogen and oxygen atoms in total. The van der Waals surface area contributed by atoms with Gasteiger partial charge in [-0.25, -0.2) is 0 Å². The summed E-state index contributed by atoms with van der Waals surface area (Å²) < 4.78 is 6.38. The number of hydrogen-bond donors (Lipinski definition) is 1. The molecule has 0 aliphatic rings. The first-order valence-corrected chi connectivity index (χ1v) is 8.36. The first-order chi connectivity index (χ1) is 11.9. The predicted octanol–water partition coefficient (Wildman–Crippen LogP) is 4.72. The number of nitrogens with zero attached hydrogens (tertiary/aromatic N) is 1. The van der Waals surface area contributed by atoms with Crippen LogP contribution in [0.25, 0.3) is 6.08 Å². The van der Waals surface area contributed by atoms with Crippen LogP contribution in [0, 0.1) is 17.0 Å². The molecule has 0 radical (unpaired) electrons. The SMILES string of the molecule is CCOc1ccc(Br)cc1/C=C/C(=O)Nc1ccc(C)c([N+](=O)[O-])c1. The molecule has 130 valence electrons. The van der Waals surface area contributed by atoms with E-state index in [1.165, 1.54) is 12.1 Å². The lowest BCUT2D eigenvalue weighted by Crippen LogP contribution is -2.08. The minimum absolute atomic E-state index is 0.0348. The predicted molar refractivity (Wildman–Crippen MR) is 101 cm³/mol. The van der Waals surface area contributed by atoms with E-state index >= 15 is 0 Å². The van der Waals surface area contributed by atoms with Gasteiger partial charge < -0.3 is 10.1 Å². The van der Waals surface area contributed by atoms with Gasteiger partial charge in [0.15, 0.2) is 0 Å². The standard InChI is InChI=1S/C18H17BrN2O4/c1-3-25-17-8-6-14(19)10-13(17)5-9-18(22)20-15-7-4-12(2)16(11-15)21(23)24/h4-11H,3H2,1-2H3,(H,20,22)/b9-5+. The molecule has 0 aliphatic carbocycles. The Morgan fingerprint density at radius 2 is 2.08 bits per heavy atom. The molecular formula is C18H17BrN2O4. The van der Waals surface area contributed by atoms with Crippen LogP contribution in [0.2, 0.25) is 0 Å². The number of amides is 1. The van der Waals surface area contributed by atoms with E-state index < -0.39 is 4.92 Å². The van der Waals surface area contributed by atoms with Crippen molar-refractivity contribution in [3.05, 3.63) is 68.2 Å². The highest BCUT2D eigenvalue weighted by molar-refractivity contribution is 9.10. The normalized spacial score (nSPS) is 10.7. The lowest BCUT2D eigenvalue weighted by atomic mass is 10.1. The zero-order valence-electron chi connectivity index (χ0n) is 13.8. The van der Waals surface area contributed by atoms with Crippen molar-refractivity contribution in [2.24, 2.45) is 0 Å². The molecule has 0 bridgehead atoms. The Morgan fingerprint density at radius 1 is 1.32 bits per heavy atom. The highest BCUT2D eigenvalue weighted by atomic mass is 79.9. The van der Waals surface area contributed by atoms with Crippen LogP contribution in [-0.4, -0.2) is 17.4 Å². The van der Waals surface area contributed by atoms with E-state index in [0.29, 0.717) is 23.6 Å². The summed E-state index contributed by atoms with van der Waals surface area (Å²) in [6.45, 7) is 4.04. The summed E-state index contributed by atoms with van der Waals surface area (Å²) in [4.78, 5) is 22.6. The van der Waals surface area contributed by atoms with Gasteiger partial charge in [-0.3, -0.25) is 14.9 Å². The number of carbonyl (C=O) groups is 1. The molecule has 7 heteroatoms. The average molecular weight is 405 g/mol. The van der Waals surface area contributed by atoms with Crippen molar-refractivity contribution in [2.75, 3.05) is 11.9 Å². The molecule has 25 heavy (non-hydrogen) atoms. The Labute approximate surface area is 153 Å². The van der Waals surface area contributed by atoms with Crippen LogP contribution in [-0.2, 0) is 4.79 Å². The van der Waals surface area contributed by atoms with Gasteiger partial charge in [0.05, 0.1) is 11.5 Å². The van der Waals surface area contributed by atoms with Crippen molar-refractivity contribution in [3.8, 4) is 5.75 Å². The van der Waals surface area contributed by atoms with E-state index in [0.717, 1.165) is 10.0 Å². The number of nitro benzene ring substituents is 1. The maximum Gasteiger partial charge on any atom is 0.274 e. The zero-order valence-corrected chi connectivity index (χ0v) is 15.4. The molecule has 0 atom stereocenters. The number of rotatable bonds is 6. The minimum Gasteiger partial charge on any atom is -0.493 e. The van der Waals surface area contributed by atoms with E-state index in [9.17, 15) is 14.9 Å². The monoisotopic (exact) mass is 404 g/mol. The number of ether oxygens (including phenoxy) is 1. The van der Waals surface area contributed by atoms with Gasteiger partial charge in [0.25, 0.3) is 5.69 Å². The topological polar surface area (TPSA) is 81.5 Å². The number of benzene rings is 2. The van der Waals surface area contributed by atoms with Gasteiger partial charge in [-0.05, 0) is 44.2 Å². The molecule has 0 aliphatic heterocycles. The van der Waals surface area contributed by atoms with Gasteiger partial charge in [0, 0.05) is 33.4 Å². The molecule has 0 saturated heterocycles. The fourth-order valence-corrected chi connectivity index (χ4v) is 2.55. The highest BCUT2D eigenvalue weighted by Crippen LogP contribution is 2.25. The number of hydrogen-bond acceptors (Lipinski definition) is 4. The van der Waals surface area contributed by atoms with E-state index in [1.54, 1.807) is 25.1 Å². The quantitative estimate of drug-likeness (QED) is 0.429. The number of anilines is 1. The van der Waals surface area contributed by atoms with Crippen molar-refractivity contribution < 1.29 is 14.5 Å². The summed E-state index contributed by atoms with van der Waals surface area (Å²) in [5, 5.41) is 13.6. The van der Waals surface area contributed by atoms with Crippen LogP contribution in [0.15, 0.2) is 46.9 Å². The summed E-state index contributed by atoms with van der Waals surface area (Å²) in [6.07, 6.45) is 2.99. The number of nitro groups is 1. The van der Waals surface area contributed by atoms with Crippen LogP contribution in [0.3, 0.4) is 0 Å². The van der Waals surface area contributed by atoms with Crippen molar-refractivity contribution in [1.29, 1.82) is 0 Å². The van der Waals surface area contributed by atoms with Gasteiger partial charge >= 0.3 is 0 Å². The van der Waals surface area contributed by atoms with E-state index in [-0.39, 0.29) is 11.6 Å².